The molecular formula is C30H30F2N6O2. The molecule has 1 saturated heterocycles. The maximum atomic E-state index is 15.2. The molecule has 206 valence electrons. The SMILES string of the molecule is C=CC(=O)Nc1cccc(-c2c(F)ccc3cnc(Nc4ccc(N5CCN(CCOC)CC5)cc4F)nc23)c1. The van der Waals surface area contributed by atoms with Crippen LogP contribution < -0.4 is 15.5 Å². The number of hydrogen-bond donors (Lipinski definition) is 2. The van der Waals surface area contributed by atoms with Gasteiger partial charge in [0.15, 0.2) is 0 Å². The fourth-order valence-corrected chi connectivity index (χ4v) is 4.73. The quantitative estimate of drug-likeness (QED) is 0.280. The largest absolute Gasteiger partial charge is 0.383 e. The summed E-state index contributed by atoms with van der Waals surface area (Å²) in [6.45, 7) is 8.41. The second-order valence-corrected chi connectivity index (χ2v) is 9.44. The lowest BCUT2D eigenvalue weighted by Gasteiger charge is -2.36. The number of nitrogens with zero attached hydrogens (tertiary/aromatic N) is 4. The van der Waals surface area contributed by atoms with Gasteiger partial charge in [-0.25, -0.2) is 18.7 Å². The predicted octanol–water partition coefficient (Wildman–Crippen LogP) is 5.21. The van der Waals surface area contributed by atoms with E-state index in [4.69, 9.17) is 4.74 Å². The fraction of sp³-hybridized carbons (Fsp3) is 0.233. The minimum atomic E-state index is -0.484. The summed E-state index contributed by atoms with van der Waals surface area (Å²) in [6, 6.07) is 14.8. The molecule has 3 aromatic carbocycles. The van der Waals surface area contributed by atoms with Crippen LogP contribution in [0.25, 0.3) is 22.0 Å². The molecule has 8 nitrogen and oxygen atoms in total. The van der Waals surface area contributed by atoms with Gasteiger partial charge in [-0.05, 0) is 54.1 Å². The van der Waals surface area contributed by atoms with E-state index in [0.29, 0.717) is 28.8 Å². The van der Waals surface area contributed by atoms with Crippen molar-refractivity contribution in [2.24, 2.45) is 0 Å². The molecule has 1 aromatic heterocycles. The molecule has 0 saturated carbocycles. The van der Waals surface area contributed by atoms with Crippen LogP contribution in [0.4, 0.5) is 31.8 Å². The van der Waals surface area contributed by atoms with Crippen LogP contribution in [-0.4, -0.2) is 67.2 Å². The number of nitrogens with one attached hydrogen (secondary N) is 2. The number of fused-ring (bicyclic) bond motifs is 1. The van der Waals surface area contributed by atoms with Crippen LogP contribution in [0, 0.1) is 11.6 Å². The van der Waals surface area contributed by atoms with Crippen molar-refractivity contribution < 1.29 is 18.3 Å². The van der Waals surface area contributed by atoms with Gasteiger partial charge in [0, 0.05) is 68.4 Å². The number of benzene rings is 3. The lowest BCUT2D eigenvalue weighted by molar-refractivity contribution is -0.111. The Morgan fingerprint density at radius 1 is 1.07 bits per heavy atom. The molecule has 0 atom stereocenters. The van der Waals surface area contributed by atoms with Crippen molar-refractivity contribution in [1.82, 2.24) is 14.9 Å². The molecule has 0 unspecified atom stereocenters. The van der Waals surface area contributed by atoms with E-state index in [1.807, 2.05) is 6.07 Å². The molecule has 5 rings (SSSR count). The smallest absolute Gasteiger partial charge is 0.247 e. The highest BCUT2D eigenvalue weighted by Crippen LogP contribution is 2.33. The summed E-state index contributed by atoms with van der Waals surface area (Å²) >= 11 is 0. The summed E-state index contributed by atoms with van der Waals surface area (Å²) in [5, 5.41) is 6.23. The van der Waals surface area contributed by atoms with Gasteiger partial charge in [-0.3, -0.25) is 9.69 Å². The van der Waals surface area contributed by atoms with Gasteiger partial charge in [0.2, 0.25) is 11.9 Å². The zero-order valence-electron chi connectivity index (χ0n) is 22.2. The summed E-state index contributed by atoms with van der Waals surface area (Å²) in [7, 11) is 1.70. The normalized spacial score (nSPS) is 13.8. The van der Waals surface area contributed by atoms with Crippen molar-refractivity contribution in [2.45, 2.75) is 0 Å². The van der Waals surface area contributed by atoms with Crippen molar-refractivity contribution in [3.8, 4) is 11.1 Å². The van der Waals surface area contributed by atoms with Gasteiger partial charge in [0.25, 0.3) is 0 Å². The number of hydrogen-bond acceptors (Lipinski definition) is 7. The van der Waals surface area contributed by atoms with Crippen LogP contribution in [0.5, 0.6) is 0 Å². The molecule has 0 aliphatic carbocycles. The van der Waals surface area contributed by atoms with E-state index in [2.05, 4.69) is 37.0 Å². The molecule has 1 aliphatic heterocycles. The highest BCUT2D eigenvalue weighted by molar-refractivity contribution is 6.00. The Morgan fingerprint density at radius 3 is 2.65 bits per heavy atom. The summed E-state index contributed by atoms with van der Waals surface area (Å²) in [5.74, 6) is -1.16. The fourth-order valence-electron chi connectivity index (χ4n) is 4.73. The molecule has 0 spiro atoms. The Morgan fingerprint density at radius 2 is 1.90 bits per heavy atom. The first-order chi connectivity index (χ1) is 19.4. The molecule has 4 aromatic rings. The molecule has 1 aliphatic rings. The minimum absolute atomic E-state index is 0.133. The predicted molar refractivity (Wildman–Crippen MR) is 154 cm³/mol. The number of ether oxygens (including phenoxy) is 1. The van der Waals surface area contributed by atoms with Crippen molar-refractivity contribution >= 4 is 39.8 Å². The van der Waals surface area contributed by atoms with Crippen LogP contribution in [0.3, 0.4) is 0 Å². The standard InChI is InChI=1S/C30H30F2N6O2/c1-3-27(39)34-22-6-4-5-20(17-22)28-24(31)9-7-21-19-33-30(36-29(21)28)35-26-10-8-23(18-25(26)32)38-13-11-37(12-14-38)15-16-40-2/h3-10,17-19H,1,11-16H2,2H3,(H,34,39)(H,33,35,36). The van der Waals surface area contributed by atoms with Crippen molar-refractivity contribution in [3.05, 3.63) is 85.1 Å². The molecular weight excluding hydrogens is 514 g/mol. The van der Waals surface area contributed by atoms with E-state index in [-0.39, 0.29) is 23.1 Å². The van der Waals surface area contributed by atoms with E-state index in [0.717, 1.165) is 44.5 Å². The number of aromatic nitrogens is 2. The summed E-state index contributed by atoms with van der Waals surface area (Å²) in [4.78, 5) is 25.1. The highest BCUT2D eigenvalue weighted by Gasteiger charge is 2.19. The van der Waals surface area contributed by atoms with Crippen molar-refractivity contribution in [1.29, 1.82) is 0 Å². The van der Waals surface area contributed by atoms with Gasteiger partial charge < -0.3 is 20.3 Å². The number of methoxy groups -OCH3 is 1. The molecule has 1 amide bonds. The molecule has 2 N–H and O–H groups in total. The third-order valence-corrected chi connectivity index (χ3v) is 6.85. The number of carbonyl (C=O) groups excluding carboxylic acids is 1. The van der Waals surface area contributed by atoms with E-state index in [1.54, 1.807) is 49.7 Å². The van der Waals surface area contributed by atoms with E-state index in [9.17, 15) is 4.79 Å². The lowest BCUT2D eigenvalue weighted by Crippen LogP contribution is -2.47. The van der Waals surface area contributed by atoms with Gasteiger partial charge >= 0.3 is 0 Å². The topological polar surface area (TPSA) is 82.6 Å². The van der Waals surface area contributed by atoms with Crippen molar-refractivity contribution in [2.75, 3.05) is 62.0 Å². The second-order valence-electron chi connectivity index (χ2n) is 9.44. The highest BCUT2D eigenvalue weighted by atomic mass is 19.1. The van der Waals surface area contributed by atoms with Gasteiger partial charge in [0.1, 0.15) is 11.6 Å². The van der Waals surface area contributed by atoms with E-state index in [1.165, 1.54) is 12.1 Å². The monoisotopic (exact) mass is 544 g/mol. The number of rotatable bonds is 9. The van der Waals surface area contributed by atoms with E-state index < -0.39 is 11.6 Å². The maximum Gasteiger partial charge on any atom is 0.247 e. The zero-order valence-corrected chi connectivity index (χ0v) is 22.2. The molecule has 10 heteroatoms. The third-order valence-electron chi connectivity index (χ3n) is 6.85. The van der Waals surface area contributed by atoms with Crippen LogP contribution in [0.2, 0.25) is 0 Å². The minimum Gasteiger partial charge on any atom is -0.383 e. The van der Waals surface area contributed by atoms with Gasteiger partial charge in [-0.1, -0.05) is 18.7 Å². The van der Waals surface area contributed by atoms with Gasteiger partial charge in [-0.2, -0.15) is 0 Å². The van der Waals surface area contributed by atoms with Gasteiger partial charge in [0.05, 0.1) is 17.8 Å². The van der Waals surface area contributed by atoms with Gasteiger partial charge in [-0.15, -0.1) is 0 Å². The Balaban J connectivity index is 1.38. The Kier molecular flexibility index (Phi) is 8.28. The summed E-state index contributed by atoms with van der Waals surface area (Å²) < 4.78 is 35.5. The Labute approximate surface area is 231 Å². The molecule has 0 bridgehead atoms. The number of piperazine rings is 1. The molecule has 0 radical (unpaired) electrons. The first-order valence-corrected chi connectivity index (χ1v) is 13.0. The van der Waals surface area contributed by atoms with Crippen LogP contribution in [-0.2, 0) is 9.53 Å². The maximum absolute atomic E-state index is 15.2. The first kappa shape index (κ1) is 27.2. The molecule has 40 heavy (non-hydrogen) atoms. The average molecular weight is 545 g/mol. The molecule has 2 heterocycles. The number of amides is 1. The Bertz CT molecular complexity index is 1540. The lowest BCUT2D eigenvalue weighted by atomic mass is 10.0. The van der Waals surface area contributed by atoms with Crippen LogP contribution >= 0.6 is 0 Å². The van der Waals surface area contributed by atoms with Crippen LogP contribution in [0.15, 0.2) is 73.4 Å². The van der Waals surface area contributed by atoms with Crippen molar-refractivity contribution in [3.63, 3.8) is 0 Å². The number of anilines is 4. The zero-order chi connectivity index (χ0) is 28.1. The average Bonchev–Trinajstić information content (AvgIpc) is 2.97. The first-order valence-electron chi connectivity index (χ1n) is 13.0. The Hall–Kier alpha value is -4.41. The third kappa shape index (κ3) is 6.08. The second kappa shape index (κ2) is 12.2. The molecule has 1 fully saturated rings. The summed E-state index contributed by atoms with van der Waals surface area (Å²) in [6.07, 6.45) is 2.72. The summed E-state index contributed by atoms with van der Waals surface area (Å²) in [5.41, 5.74) is 2.64. The number of carbonyl (C=O) groups is 1. The van der Waals surface area contributed by atoms with E-state index >= 15 is 8.78 Å². The number of halogens is 2. The van der Waals surface area contributed by atoms with Crippen LogP contribution in [0.1, 0.15) is 0 Å².